The van der Waals surface area contributed by atoms with Gasteiger partial charge in [0.15, 0.2) is 4.32 Å². The second kappa shape index (κ2) is 8.31. The molecule has 1 fully saturated rings. The number of nitrogens with one attached hydrogen (secondary N) is 1. The second-order valence-electron chi connectivity index (χ2n) is 5.29. The van der Waals surface area contributed by atoms with Gasteiger partial charge in [0.25, 0.3) is 11.8 Å². The molecule has 0 bridgehead atoms. The molecule has 1 saturated heterocycles. The first-order valence-electron chi connectivity index (χ1n) is 7.58. The molecule has 1 N–H and O–H groups in total. The monoisotopic (exact) mass is 438 g/mol. The Bertz CT molecular complexity index is 959. The highest BCUT2D eigenvalue weighted by molar-refractivity contribution is 8.26. The number of thioether (sulfide) groups is 1. The predicted octanol–water partition coefficient (Wildman–Crippen LogP) is 4.55. The van der Waals surface area contributed by atoms with Crippen molar-refractivity contribution in [1.29, 1.82) is 0 Å². The number of halogens is 2. The molecule has 2 aromatic carbocycles. The van der Waals surface area contributed by atoms with Gasteiger partial charge < -0.3 is 4.74 Å². The number of rotatable bonds is 4. The van der Waals surface area contributed by atoms with Crippen LogP contribution in [0.4, 0.5) is 0 Å². The van der Waals surface area contributed by atoms with Crippen LogP contribution in [0.25, 0.3) is 6.08 Å². The van der Waals surface area contributed by atoms with E-state index in [4.69, 9.17) is 40.2 Å². The van der Waals surface area contributed by atoms with Crippen LogP contribution in [0.3, 0.4) is 0 Å². The molecule has 2 amide bonds. The Labute approximate surface area is 175 Å². The number of methoxy groups -OCH3 is 1. The minimum absolute atomic E-state index is 0.192. The number of nitrogens with zero attached hydrogens (tertiary/aromatic N) is 1. The highest BCUT2D eigenvalue weighted by Crippen LogP contribution is 2.35. The lowest BCUT2D eigenvalue weighted by molar-refractivity contribution is -0.123. The molecule has 1 heterocycles. The first kappa shape index (κ1) is 19.7. The number of carbonyl (C=O) groups excluding carboxylic acids is 2. The summed E-state index contributed by atoms with van der Waals surface area (Å²) in [4.78, 5) is 25.5. The molecule has 2 aromatic rings. The first-order valence-corrected chi connectivity index (χ1v) is 9.56. The van der Waals surface area contributed by atoms with E-state index < -0.39 is 11.8 Å². The highest BCUT2D eigenvalue weighted by atomic mass is 35.5. The molecule has 5 nitrogen and oxygen atoms in total. The Balaban J connectivity index is 1.84. The van der Waals surface area contributed by atoms with Crippen LogP contribution in [-0.4, -0.2) is 28.3 Å². The number of hydrogen-bond acceptors (Lipinski definition) is 5. The van der Waals surface area contributed by atoms with Crippen LogP contribution >= 0.6 is 47.2 Å². The SMILES string of the molecule is COc1ccccc1C(=O)NN1C(=O)C(=Cc2c(Cl)cccc2Cl)SC1=S. The van der Waals surface area contributed by atoms with Crippen molar-refractivity contribution in [3.05, 3.63) is 68.5 Å². The van der Waals surface area contributed by atoms with Crippen molar-refractivity contribution in [3.63, 3.8) is 0 Å². The van der Waals surface area contributed by atoms with Gasteiger partial charge in [0, 0.05) is 15.6 Å². The van der Waals surface area contributed by atoms with Gasteiger partial charge in [-0.25, -0.2) is 0 Å². The average Bonchev–Trinajstić information content (AvgIpc) is 2.92. The summed E-state index contributed by atoms with van der Waals surface area (Å²) in [6, 6.07) is 11.7. The molecular weight excluding hydrogens is 427 g/mol. The number of carbonyl (C=O) groups is 2. The van der Waals surface area contributed by atoms with Crippen LogP contribution < -0.4 is 10.2 Å². The summed E-state index contributed by atoms with van der Waals surface area (Å²) in [6.07, 6.45) is 1.55. The van der Waals surface area contributed by atoms with Crippen LogP contribution in [0.2, 0.25) is 10.0 Å². The molecule has 9 heteroatoms. The van der Waals surface area contributed by atoms with Gasteiger partial charge in [-0.1, -0.05) is 53.2 Å². The van der Waals surface area contributed by atoms with E-state index in [0.29, 0.717) is 26.3 Å². The van der Waals surface area contributed by atoms with Gasteiger partial charge in [0.1, 0.15) is 5.75 Å². The summed E-state index contributed by atoms with van der Waals surface area (Å²) in [5, 5.41) is 1.84. The van der Waals surface area contributed by atoms with Crippen molar-refractivity contribution in [3.8, 4) is 5.75 Å². The third kappa shape index (κ3) is 4.11. The van der Waals surface area contributed by atoms with E-state index in [1.54, 1.807) is 48.5 Å². The van der Waals surface area contributed by atoms with Crippen molar-refractivity contribution in [2.45, 2.75) is 0 Å². The molecule has 0 radical (unpaired) electrons. The fourth-order valence-electron chi connectivity index (χ4n) is 2.34. The Morgan fingerprint density at radius 2 is 1.85 bits per heavy atom. The van der Waals surface area contributed by atoms with Gasteiger partial charge in [-0.05, 0) is 42.6 Å². The van der Waals surface area contributed by atoms with E-state index in [0.717, 1.165) is 16.8 Å². The topological polar surface area (TPSA) is 58.6 Å². The molecule has 3 rings (SSSR count). The lowest BCUT2D eigenvalue weighted by atomic mass is 10.2. The molecule has 27 heavy (non-hydrogen) atoms. The lowest BCUT2D eigenvalue weighted by Gasteiger charge is -2.16. The van der Waals surface area contributed by atoms with Crippen molar-refractivity contribution in [2.75, 3.05) is 7.11 Å². The number of hydrogen-bond donors (Lipinski definition) is 1. The Morgan fingerprint density at radius 3 is 2.52 bits per heavy atom. The Morgan fingerprint density at radius 1 is 1.19 bits per heavy atom. The van der Waals surface area contributed by atoms with Gasteiger partial charge in [-0.2, -0.15) is 5.01 Å². The van der Waals surface area contributed by atoms with E-state index in [-0.39, 0.29) is 9.88 Å². The number of thiocarbonyl (C=S) groups is 1. The number of para-hydroxylation sites is 1. The van der Waals surface area contributed by atoms with Gasteiger partial charge in [-0.15, -0.1) is 0 Å². The zero-order valence-electron chi connectivity index (χ0n) is 13.9. The minimum Gasteiger partial charge on any atom is -0.496 e. The Kier molecular flexibility index (Phi) is 6.06. The first-order chi connectivity index (χ1) is 12.9. The second-order valence-corrected chi connectivity index (χ2v) is 7.78. The fraction of sp³-hybridized carbons (Fsp3) is 0.0556. The molecule has 0 saturated carbocycles. The van der Waals surface area contributed by atoms with Gasteiger partial charge in [-0.3, -0.25) is 15.0 Å². The summed E-state index contributed by atoms with van der Waals surface area (Å²) in [5.74, 6) is -0.594. The quantitative estimate of drug-likeness (QED) is 0.560. The standard InChI is InChI=1S/C18H12Cl2N2O3S2/c1-25-14-8-3-2-5-10(14)16(23)21-22-17(24)15(27-18(22)26)9-11-12(19)6-4-7-13(11)20/h2-9H,1H3,(H,21,23). The van der Waals surface area contributed by atoms with Crippen LogP contribution in [0.1, 0.15) is 15.9 Å². The summed E-state index contributed by atoms with van der Waals surface area (Å²) in [6.45, 7) is 0. The molecule has 0 atom stereocenters. The molecule has 0 aromatic heterocycles. The van der Waals surface area contributed by atoms with Crippen molar-refractivity contribution in [2.24, 2.45) is 0 Å². The zero-order valence-corrected chi connectivity index (χ0v) is 17.0. The summed E-state index contributed by atoms with van der Waals surface area (Å²) in [5.41, 5.74) is 3.31. The van der Waals surface area contributed by atoms with Crippen LogP contribution in [0.15, 0.2) is 47.4 Å². The normalized spacial score (nSPS) is 15.4. The van der Waals surface area contributed by atoms with Gasteiger partial charge in [0.05, 0.1) is 17.6 Å². The molecule has 0 spiro atoms. The van der Waals surface area contributed by atoms with Crippen molar-refractivity contribution in [1.82, 2.24) is 10.4 Å². The molecule has 138 valence electrons. The maximum absolute atomic E-state index is 12.7. The van der Waals surface area contributed by atoms with E-state index in [2.05, 4.69) is 5.43 Å². The van der Waals surface area contributed by atoms with E-state index in [9.17, 15) is 9.59 Å². The van der Waals surface area contributed by atoms with Crippen molar-refractivity contribution < 1.29 is 14.3 Å². The predicted molar refractivity (Wildman–Crippen MR) is 112 cm³/mol. The third-order valence-corrected chi connectivity index (χ3v) is 5.60. The number of ether oxygens (including phenoxy) is 1. The number of amides is 2. The van der Waals surface area contributed by atoms with Crippen LogP contribution in [0.5, 0.6) is 5.75 Å². The van der Waals surface area contributed by atoms with Gasteiger partial charge in [0.2, 0.25) is 0 Å². The van der Waals surface area contributed by atoms with E-state index in [1.165, 1.54) is 7.11 Å². The average molecular weight is 439 g/mol. The summed E-state index contributed by atoms with van der Waals surface area (Å²) < 4.78 is 5.36. The minimum atomic E-state index is -0.513. The largest absolute Gasteiger partial charge is 0.496 e. The van der Waals surface area contributed by atoms with Crippen molar-refractivity contribution >= 4 is 69.4 Å². The van der Waals surface area contributed by atoms with E-state index >= 15 is 0 Å². The molecule has 0 unspecified atom stereocenters. The molecule has 1 aliphatic rings. The highest BCUT2D eigenvalue weighted by Gasteiger charge is 2.34. The molecule has 1 aliphatic heterocycles. The van der Waals surface area contributed by atoms with E-state index in [1.807, 2.05) is 0 Å². The Hall–Kier alpha value is -2.06. The molecule has 0 aliphatic carbocycles. The molecular formula is C18H12Cl2N2O3S2. The van der Waals surface area contributed by atoms with Crippen LogP contribution in [-0.2, 0) is 4.79 Å². The smallest absolute Gasteiger partial charge is 0.285 e. The fourth-order valence-corrected chi connectivity index (χ4v) is 4.01. The maximum Gasteiger partial charge on any atom is 0.285 e. The maximum atomic E-state index is 12.7. The number of hydrazine groups is 1. The number of benzene rings is 2. The lowest BCUT2D eigenvalue weighted by Crippen LogP contribution is -2.44. The summed E-state index contributed by atoms with van der Waals surface area (Å²) >= 11 is 18.6. The van der Waals surface area contributed by atoms with Crippen LogP contribution in [0, 0.1) is 0 Å². The zero-order chi connectivity index (χ0) is 19.6. The van der Waals surface area contributed by atoms with Gasteiger partial charge >= 0.3 is 0 Å². The third-order valence-electron chi connectivity index (χ3n) is 3.63. The summed E-state index contributed by atoms with van der Waals surface area (Å²) in [7, 11) is 1.46.